The first-order valence-corrected chi connectivity index (χ1v) is 9.90. The van der Waals surface area contributed by atoms with Gasteiger partial charge in [-0.3, -0.25) is 0 Å². The molecule has 1 heterocycles. The minimum Gasteiger partial charge on any atom is -0.373 e. The summed E-state index contributed by atoms with van der Waals surface area (Å²) in [5.41, 5.74) is 0.223. The third-order valence-electron chi connectivity index (χ3n) is 4.96. The van der Waals surface area contributed by atoms with E-state index in [1.165, 1.54) is 0 Å². The molecular weight excluding hydrogens is 328 g/mol. The van der Waals surface area contributed by atoms with E-state index in [1.54, 1.807) is 0 Å². The summed E-state index contributed by atoms with van der Waals surface area (Å²) in [4.78, 5) is 0. The van der Waals surface area contributed by atoms with Gasteiger partial charge in [0.05, 0.1) is 34.0 Å². The molecule has 0 bridgehead atoms. The van der Waals surface area contributed by atoms with Crippen LogP contribution in [0, 0.1) is 0 Å². The molecule has 1 aliphatic heterocycles. The molecule has 0 amide bonds. The van der Waals surface area contributed by atoms with Gasteiger partial charge >= 0.3 is 0 Å². The molecule has 2 atom stereocenters. The molecule has 1 saturated heterocycles. The highest BCUT2D eigenvalue weighted by Crippen LogP contribution is 2.50. The van der Waals surface area contributed by atoms with Crippen molar-refractivity contribution in [3.8, 4) is 0 Å². The zero-order valence-electron chi connectivity index (χ0n) is 15.5. The molecule has 1 aliphatic rings. The van der Waals surface area contributed by atoms with Crippen molar-refractivity contribution < 1.29 is 14.6 Å². The Morgan fingerprint density at radius 3 is 1.96 bits per heavy atom. The number of aliphatic hydroxyl groups is 1. The maximum absolute atomic E-state index is 11.4. The molecular formula is C21H28O3Si. The van der Waals surface area contributed by atoms with E-state index in [1.807, 2.05) is 57.2 Å². The van der Waals surface area contributed by atoms with E-state index < -0.39 is 10.8 Å². The second kappa shape index (κ2) is 6.69. The van der Waals surface area contributed by atoms with Gasteiger partial charge in [0.1, 0.15) is 0 Å². The highest BCUT2D eigenvalue weighted by Gasteiger charge is 2.57. The summed E-state index contributed by atoms with van der Waals surface area (Å²) >= 11 is 0. The minimum atomic E-state index is -1.18. The lowest BCUT2D eigenvalue weighted by molar-refractivity contribution is -0.167. The fourth-order valence-corrected chi connectivity index (χ4v) is 4.93. The Labute approximate surface area is 153 Å². The molecule has 0 aliphatic carbocycles. The first-order valence-electron chi connectivity index (χ1n) is 8.90. The Balaban J connectivity index is 2.03. The second-order valence-electron chi connectivity index (χ2n) is 7.99. The Kier molecular flexibility index (Phi) is 4.90. The van der Waals surface area contributed by atoms with Gasteiger partial charge < -0.3 is 14.6 Å². The number of rotatable bonds is 4. The zero-order chi connectivity index (χ0) is 18.1. The molecule has 1 unspecified atom stereocenters. The van der Waals surface area contributed by atoms with Gasteiger partial charge in [-0.25, -0.2) is 0 Å². The maximum atomic E-state index is 11.4. The Bertz CT molecular complexity index is 653. The number of hydrogen-bond donors (Lipinski definition) is 1. The van der Waals surface area contributed by atoms with Gasteiger partial charge in [0.25, 0.3) is 0 Å². The third kappa shape index (κ3) is 3.58. The fraction of sp³-hybridized carbons (Fsp3) is 0.429. The van der Waals surface area contributed by atoms with Crippen molar-refractivity contribution in [3.05, 3.63) is 71.8 Å². The van der Waals surface area contributed by atoms with Crippen LogP contribution in [-0.2, 0) is 14.9 Å². The van der Waals surface area contributed by atoms with Crippen molar-refractivity contribution in [3.63, 3.8) is 0 Å². The van der Waals surface area contributed by atoms with Crippen LogP contribution in [0.1, 0.15) is 38.3 Å². The van der Waals surface area contributed by atoms with Gasteiger partial charge in [0.15, 0.2) is 5.41 Å². The van der Waals surface area contributed by atoms with Crippen LogP contribution in [0.2, 0.25) is 0 Å². The van der Waals surface area contributed by atoms with Gasteiger partial charge in [0, 0.05) is 0 Å². The summed E-state index contributed by atoms with van der Waals surface area (Å²) in [6.07, 6.45) is 0.569. The quantitative estimate of drug-likeness (QED) is 0.856. The molecule has 0 radical (unpaired) electrons. The highest BCUT2D eigenvalue weighted by atomic mass is 28.1. The van der Waals surface area contributed by atoms with E-state index >= 15 is 0 Å². The summed E-state index contributed by atoms with van der Waals surface area (Å²) < 4.78 is 12.1. The SMILES string of the molecule is CC(C)(C)OC[C@@H]1CC(c2ccccc2)(c2ccccc2)C(O)([SiH3])O1. The van der Waals surface area contributed by atoms with Gasteiger partial charge in [-0.2, -0.15) is 0 Å². The summed E-state index contributed by atoms with van der Waals surface area (Å²) in [6, 6.07) is 20.5. The molecule has 25 heavy (non-hydrogen) atoms. The van der Waals surface area contributed by atoms with E-state index in [-0.39, 0.29) is 11.7 Å². The molecule has 2 aromatic rings. The number of ether oxygens (including phenoxy) is 2. The monoisotopic (exact) mass is 356 g/mol. The standard InChI is InChI=1S/C21H28O3Si/c1-19(2,3)23-15-18-14-20(21(22,25)24-18,16-10-6-4-7-11-16)17-12-8-5-9-13-17/h4-13,18,22H,14-15H2,1-3,25H3/t18-,21?/m0/s1. The summed E-state index contributed by atoms with van der Waals surface area (Å²) in [5, 5.41) is 11.4. The van der Waals surface area contributed by atoms with Crippen molar-refractivity contribution in [2.75, 3.05) is 6.61 Å². The molecule has 3 rings (SSSR count). The van der Waals surface area contributed by atoms with Crippen LogP contribution in [0.15, 0.2) is 60.7 Å². The number of benzene rings is 2. The summed E-state index contributed by atoms with van der Waals surface area (Å²) in [6.45, 7) is 6.60. The van der Waals surface area contributed by atoms with Gasteiger partial charge in [-0.1, -0.05) is 60.7 Å². The Morgan fingerprint density at radius 2 is 1.52 bits per heavy atom. The average Bonchev–Trinajstić information content (AvgIpc) is 2.85. The second-order valence-corrected chi connectivity index (χ2v) is 9.34. The van der Waals surface area contributed by atoms with Crippen LogP contribution >= 0.6 is 0 Å². The lowest BCUT2D eigenvalue weighted by Crippen LogP contribution is -2.50. The van der Waals surface area contributed by atoms with Crippen molar-refractivity contribution >= 4 is 10.2 Å². The number of hydrogen-bond acceptors (Lipinski definition) is 3. The van der Waals surface area contributed by atoms with Gasteiger partial charge in [0.2, 0.25) is 0 Å². The molecule has 1 fully saturated rings. The predicted molar refractivity (Wildman–Crippen MR) is 104 cm³/mol. The van der Waals surface area contributed by atoms with Crippen LogP contribution in [0.25, 0.3) is 0 Å². The Hall–Kier alpha value is -1.46. The van der Waals surface area contributed by atoms with Crippen LogP contribution in [0.3, 0.4) is 0 Å². The van der Waals surface area contributed by atoms with Gasteiger partial charge in [-0.05, 0) is 38.3 Å². The lowest BCUT2D eigenvalue weighted by Gasteiger charge is -2.39. The molecule has 0 spiro atoms. The smallest absolute Gasteiger partial charge is 0.152 e. The normalized spacial score (nSPS) is 26.0. The highest BCUT2D eigenvalue weighted by molar-refractivity contribution is 6.15. The van der Waals surface area contributed by atoms with E-state index in [4.69, 9.17) is 9.47 Å². The largest absolute Gasteiger partial charge is 0.373 e. The van der Waals surface area contributed by atoms with E-state index in [0.717, 1.165) is 11.1 Å². The van der Waals surface area contributed by atoms with Crippen molar-refractivity contribution in [1.29, 1.82) is 0 Å². The Morgan fingerprint density at radius 1 is 1.04 bits per heavy atom. The van der Waals surface area contributed by atoms with Crippen LogP contribution in [0.5, 0.6) is 0 Å². The maximum Gasteiger partial charge on any atom is 0.152 e. The topological polar surface area (TPSA) is 38.7 Å². The zero-order valence-corrected chi connectivity index (χ0v) is 17.5. The van der Waals surface area contributed by atoms with Crippen molar-refractivity contribution in [1.82, 2.24) is 0 Å². The van der Waals surface area contributed by atoms with E-state index in [0.29, 0.717) is 23.3 Å². The molecule has 1 N–H and O–H groups in total. The summed E-state index contributed by atoms with van der Waals surface area (Å²) in [7, 11) is 0.501. The van der Waals surface area contributed by atoms with Crippen LogP contribution < -0.4 is 0 Å². The minimum absolute atomic E-state index is 0.137. The molecule has 0 aromatic heterocycles. The molecule has 2 aromatic carbocycles. The molecule has 3 nitrogen and oxygen atoms in total. The first-order chi connectivity index (χ1) is 11.7. The average molecular weight is 357 g/mol. The predicted octanol–water partition coefficient (Wildman–Crippen LogP) is 2.59. The van der Waals surface area contributed by atoms with Crippen LogP contribution in [-0.4, -0.2) is 39.1 Å². The first kappa shape index (κ1) is 18.3. The van der Waals surface area contributed by atoms with Crippen molar-refractivity contribution in [2.45, 2.75) is 49.7 Å². The van der Waals surface area contributed by atoms with E-state index in [2.05, 4.69) is 24.3 Å². The summed E-state index contributed by atoms with van der Waals surface area (Å²) in [5.74, 6) is 0. The molecule has 4 heteroatoms. The third-order valence-corrected chi connectivity index (χ3v) is 6.05. The lowest BCUT2D eigenvalue weighted by atomic mass is 9.71. The van der Waals surface area contributed by atoms with Crippen molar-refractivity contribution in [2.24, 2.45) is 0 Å². The van der Waals surface area contributed by atoms with Crippen LogP contribution in [0.4, 0.5) is 0 Å². The van der Waals surface area contributed by atoms with Gasteiger partial charge in [-0.15, -0.1) is 0 Å². The fourth-order valence-electron chi connectivity index (χ4n) is 3.82. The van der Waals surface area contributed by atoms with E-state index in [9.17, 15) is 5.11 Å². The molecule has 0 saturated carbocycles. The molecule has 134 valence electrons.